The summed E-state index contributed by atoms with van der Waals surface area (Å²) in [6, 6.07) is 13.4. The zero-order chi connectivity index (χ0) is 26.9. The molecule has 4 aromatic rings. The minimum absolute atomic E-state index is 0.0188. The van der Waals surface area contributed by atoms with Crippen molar-refractivity contribution in [3.63, 3.8) is 0 Å². The largest absolute Gasteiger partial charge is 0.366 e. The lowest BCUT2D eigenvalue weighted by Crippen LogP contribution is -2.38. The lowest BCUT2D eigenvalue weighted by molar-refractivity contribution is 0.317. The molecule has 0 unspecified atom stereocenters. The molecule has 10 heteroatoms. The van der Waals surface area contributed by atoms with E-state index in [1.54, 1.807) is 33.3 Å². The third-order valence-electron chi connectivity index (χ3n) is 7.67. The van der Waals surface area contributed by atoms with Crippen LogP contribution in [0.5, 0.6) is 0 Å². The van der Waals surface area contributed by atoms with Crippen LogP contribution in [0.4, 0.5) is 5.82 Å². The van der Waals surface area contributed by atoms with Crippen molar-refractivity contribution in [2.75, 3.05) is 18.4 Å². The minimum atomic E-state index is -3.54. The number of hydrogen-bond donors (Lipinski definition) is 1. The highest BCUT2D eigenvalue weighted by molar-refractivity contribution is 9.10. The van der Waals surface area contributed by atoms with Crippen molar-refractivity contribution in [1.82, 2.24) is 23.9 Å². The van der Waals surface area contributed by atoms with Crippen LogP contribution >= 0.6 is 15.9 Å². The smallest absolute Gasteiger partial charge is 0.243 e. The molecule has 3 aromatic heterocycles. The van der Waals surface area contributed by atoms with Gasteiger partial charge in [0.1, 0.15) is 5.82 Å². The predicted octanol–water partition coefficient (Wildman–Crippen LogP) is 5.75. The van der Waals surface area contributed by atoms with E-state index in [4.69, 9.17) is 4.98 Å². The highest BCUT2D eigenvalue weighted by atomic mass is 79.9. The fraction of sp³-hybridized carbons (Fsp3) is 0.393. The second kappa shape index (κ2) is 10.7. The van der Waals surface area contributed by atoms with E-state index in [9.17, 15) is 8.42 Å². The first-order valence-electron chi connectivity index (χ1n) is 13.0. The number of benzene rings is 1. The van der Waals surface area contributed by atoms with Gasteiger partial charge in [-0.2, -0.15) is 13.9 Å². The molecule has 5 rings (SSSR count). The average Bonchev–Trinajstić information content (AvgIpc) is 3.33. The Labute approximate surface area is 232 Å². The SMILES string of the molecule is CCC(C)(C)c1ccc(S(=O)(=O)N2CCC(c3cc(NCc4cccnc4)n4ncc(Br)c4n3)CC2)cc1. The number of piperidine rings is 1. The van der Waals surface area contributed by atoms with Crippen LogP contribution in [-0.4, -0.2) is 45.4 Å². The summed E-state index contributed by atoms with van der Waals surface area (Å²) in [4.78, 5) is 9.44. The number of pyridine rings is 1. The highest BCUT2D eigenvalue weighted by Crippen LogP contribution is 2.33. The first-order chi connectivity index (χ1) is 18.2. The van der Waals surface area contributed by atoms with E-state index >= 15 is 0 Å². The molecule has 0 atom stereocenters. The molecule has 0 radical (unpaired) electrons. The lowest BCUT2D eigenvalue weighted by Gasteiger charge is -2.31. The number of halogens is 1. The number of aromatic nitrogens is 4. The Balaban J connectivity index is 1.32. The van der Waals surface area contributed by atoms with Gasteiger partial charge in [0.2, 0.25) is 10.0 Å². The molecule has 1 saturated heterocycles. The zero-order valence-electron chi connectivity index (χ0n) is 21.9. The van der Waals surface area contributed by atoms with Gasteiger partial charge < -0.3 is 5.32 Å². The molecule has 0 amide bonds. The molecule has 200 valence electrons. The molecule has 0 bridgehead atoms. The van der Waals surface area contributed by atoms with E-state index in [0.717, 1.165) is 39.2 Å². The molecule has 0 spiro atoms. The summed E-state index contributed by atoms with van der Waals surface area (Å²) in [5.74, 6) is 0.990. The maximum Gasteiger partial charge on any atom is 0.243 e. The molecule has 0 aliphatic carbocycles. The van der Waals surface area contributed by atoms with Crippen LogP contribution in [0, 0.1) is 0 Å². The summed E-state index contributed by atoms with van der Waals surface area (Å²) >= 11 is 3.57. The number of hydrogen-bond acceptors (Lipinski definition) is 6. The monoisotopic (exact) mass is 596 g/mol. The van der Waals surface area contributed by atoms with E-state index in [-0.39, 0.29) is 11.3 Å². The zero-order valence-corrected chi connectivity index (χ0v) is 24.3. The number of nitrogens with zero attached hydrogens (tertiary/aromatic N) is 5. The normalized spacial score (nSPS) is 15.7. The van der Waals surface area contributed by atoms with Crippen molar-refractivity contribution in [3.8, 4) is 0 Å². The predicted molar refractivity (Wildman–Crippen MR) is 153 cm³/mol. The molecular formula is C28H33BrN6O2S. The molecule has 4 heterocycles. The van der Waals surface area contributed by atoms with Crippen LogP contribution in [0.1, 0.15) is 62.8 Å². The Bertz CT molecular complexity index is 1510. The number of rotatable bonds is 8. The first kappa shape index (κ1) is 26.8. The van der Waals surface area contributed by atoms with Crippen LogP contribution in [0.15, 0.2) is 70.4 Å². The fourth-order valence-electron chi connectivity index (χ4n) is 4.81. The Kier molecular flexibility index (Phi) is 7.57. The molecule has 1 fully saturated rings. The summed E-state index contributed by atoms with van der Waals surface area (Å²) in [7, 11) is -3.54. The molecular weight excluding hydrogens is 564 g/mol. The number of sulfonamides is 1. The van der Waals surface area contributed by atoms with Crippen molar-refractivity contribution in [1.29, 1.82) is 0 Å². The van der Waals surface area contributed by atoms with E-state index in [2.05, 4.69) is 52.1 Å². The lowest BCUT2D eigenvalue weighted by atomic mass is 9.82. The van der Waals surface area contributed by atoms with E-state index < -0.39 is 10.0 Å². The van der Waals surface area contributed by atoms with Crippen molar-refractivity contribution >= 4 is 37.4 Å². The van der Waals surface area contributed by atoms with Crippen molar-refractivity contribution in [3.05, 3.63) is 82.3 Å². The quantitative estimate of drug-likeness (QED) is 0.278. The Morgan fingerprint density at radius 3 is 2.50 bits per heavy atom. The van der Waals surface area contributed by atoms with Crippen molar-refractivity contribution in [2.45, 2.75) is 62.8 Å². The van der Waals surface area contributed by atoms with Crippen molar-refractivity contribution in [2.24, 2.45) is 0 Å². The topological polar surface area (TPSA) is 92.5 Å². The minimum Gasteiger partial charge on any atom is -0.366 e. The average molecular weight is 598 g/mol. The maximum absolute atomic E-state index is 13.4. The molecule has 1 aliphatic rings. The maximum atomic E-state index is 13.4. The molecule has 1 aliphatic heterocycles. The van der Waals surface area contributed by atoms with Gasteiger partial charge in [-0.25, -0.2) is 13.4 Å². The summed E-state index contributed by atoms with van der Waals surface area (Å²) < 4.78 is 31.0. The number of nitrogens with one attached hydrogen (secondary N) is 1. The fourth-order valence-corrected chi connectivity index (χ4v) is 6.63. The summed E-state index contributed by atoms with van der Waals surface area (Å²) in [5.41, 5.74) is 3.91. The van der Waals surface area contributed by atoms with Crippen molar-refractivity contribution < 1.29 is 8.42 Å². The van der Waals surface area contributed by atoms with E-state index in [1.165, 1.54) is 0 Å². The highest BCUT2D eigenvalue weighted by Gasteiger charge is 2.31. The van der Waals surface area contributed by atoms with Crippen LogP contribution < -0.4 is 5.32 Å². The summed E-state index contributed by atoms with van der Waals surface area (Å²) in [6.45, 7) is 8.02. The van der Waals surface area contributed by atoms with Gasteiger partial charge >= 0.3 is 0 Å². The van der Waals surface area contributed by atoms with Crippen LogP contribution in [0.3, 0.4) is 0 Å². The molecule has 1 N–H and O–H groups in total. The Hall–Kier alpha value is -2.82. The molecule has 0 saturated carbocycles. The van der Waals surface area contributed by atoms with Gasteiger partial charge in [0.15, 0.2) is 5.65 Å². The molecule has 1 aromatic carbocycles. The van der Waals surface area contributed by atoms with E-state index in [0.29, 0.717) is 37.4 Å². The van der Waals surface area contributed by atoms with E-state index in [1.807, 2.05) is 36.5 Å². The summed E-state index contributed by atoms with van der Waals surface area (Å²) in [6.07, 6.45) is 7.73. The number of anilines is 1. The second-order valence-corrected chi connectivity index (χ2v) is 13.2. The molecule has 38 heavy (non-hydrogen) atoms. The Morgan fingerprint density at radius 2 is 1.84 bits per heavy atom. The van der Waals surface area contributed by atoms with Gasteiger partial charge in [-0.1, -0.05) is 39.0 Å². The van der Waals surface area contributed by atoms with Gasteiger partial charge in [0.25, 0.3) is 0 Å². The molecule has 8 nitrogen and oxygen atoms in total. The first-order valence-corrected chi connectivity index (χ1v) is 15.2. The number of fused-ring (bicyclic) bond motifs is 1. The van der Waals surface area contributed by atoms with Crippen LogP contribution in [-0.2, 0) is 22.0 Å². The van der Waals surface area contributed by atoms with Crippen LogP contribution in [0.2, 0.25) is 0 Å². The summed E-state index contributed by atoms with van der Waals surface area (Å²) in [5, 5.41) is 7.93. The second-order valence-electron chi connectivity index (χ2n) is 10.4. The van der Waals surface area contributed by atoms with Gasteiger partial charge in [-0.05, 0) is 69.9 Å². The third-order valence-corrected chi connectivity index (χ3v) is 10.1. The van der Waals surface area contributed by atoms with Gasteiger partial charge in [-0.15, -0.1) is 0 Å². The Morgan fingerprint density at radius 1 is 1.11 bits per heavy atom. The third kappa shape index (κ3) is 5.34. The van der Waals surface area contributed by atoms with Gasteiger partial charge in [0, 0.05) is 49.7 Å². The van der Waals surface area contributed by atoms with Gasteiger partial charge in [0.05, 0.1) is 15.6 Å². The standard InChI is InChI=1S/C28H33BrN6O2S/c1-4-28(2,3)22-7-9-23(10-8-22)38(36,37)34-14-11-21(12-15-34)25-16-26(31-18-20-6-5-13-30-17-20)35-27(33-25)24(29)19-32-35/h5-10,13,16-17,19,21,31H,4,11-12,14-15,18H2,1-3H3. The van der Waals surface area contributed by atoms with Crippen LogP contribution in [0.25, 0.3) is 5.65 Å². The van der Waals surface area contributed by atoms with Gasteiger partial charge in [-0.3, -0.25) is 4.98 Å².